The van der Waals surface area contributed by atoms with E-state index in [1.165, 1.54) is 32.7 Å². The summed E-state index contributed by atoms with van der Waals surface area (Å²) in [5, 5.41) is 9.54. The predicted octanol–water partition coefficient (Wildman–Crippen LogP) is 8.52. The van der Waals surface area contributed by atoms with E-state index in [0.717, 1.165) is 16.8 Å². The number of fused-ring (bicyclic) bond motifs is 2. The average molecular weight is 449 g/mol. The van der Waals surface area contributed by atoms with Gasteiger partial charge in [0.2, 0.25) is 0 Å². The zero-order valence-corrected chi connectivity index (χ0v) is 19.3. The lowest BCUT2D eigenvalue weighted by Crippen LogP contribution is -2.00. The van der Waals surface area contributed by atoms with Crippen molar-refractivity contribution < 1.29 is 0 Å². The lowest BCUT2D eigenvalue weighted by Gasteiger charge is -2.11. The molecule has 0 unspecified atom stereocenters. The molecule has 0 bridgehead atoms. The van der Waals surface area contributed by atoms with Crippen molar-refractivity contribution in [2.45, 2.75) is 0 Å². The van der Waals surface area contributed by atoms with Crippen molar-refractivity contribution in [3.63, 3.8) is 0 Å². The van der Waals surface area contributed by atoms with Gasteiger partial charge in [0.15, 0.2) is 0 Å². The standard InChI is InChI=1S/C33H24N2/c1-3-9-31-23-25(13-17-27(31)7-1)15-19-29-11-5-12-30(33(29)35-22-6-21-34-35)20-16-26-14-18-28-8-2-4-10-32(28)24-26/h1-24H/b19-15+,20-16+. The van der Waals surface area contributed by atoms with Gasteiger partial charge in [0.1, 0.15) is 0 Å². The number of nitrogens with zero attached hydrogens (tertiary/aromatic N) is 2. The summed E-state index contributed by atoms with van der Waals surface area (Å²) < 4.78 is 1.94. The van der Waals surface area contributed by atoms with Crippen LogP contribution in [0.2, 0.25) is 0 Å². The molecule has 0 saturated heterocycles. The molecule has 0 amide bonds. The fourth-order valence-corrected chi connectivity index (χ4v) is 4.51. The fourth-order valence-electron chi connectivity index (χ4n) is 4.51. The van der Waals surface area contributed by atoms with Gasteiger partial charge in [0.05, 0.1) is 5.69 Å². The summed E-state index contributed by atoms with van der Waals surface area (Å²) in [5.41, 5.74) is 5.64. The number of hydrogen-bond donors (Lipinski definition) is 0. The van der Waals surface area contributed by atoms with Crippen LogP contribution in [0.1, 0.15) is 22.3 Å². The number of rotatable bonds is 5. The molecule has 5 aromatic carbocycles. The first kappa shape index (κ1) is 20.9. The maximum atomic E-state index is 4.55. The minimum Gasteiger partial charge on any atom is -0.240 e. The SMILES string of the molecule is C(=C\c1cccc(/C=C/c2ccc3ccccc3c2)c1-n1cccn1)/c1ccc2ccccc2c1. The van der Waals surface area contributed by atoms with Crippen LogP contribution in [-0.4, -0.2) is 9.78 Å². The highest BCUT2D eigenvalue weighted by Gasteiger charge is 2.08. The average Bonchev–Trinajstić information content (AvgIpc) is 3.45. The van der Waals surface area contributed by atoms with E-state index in [4.69, 9.17) is 0 Å². The van der Waals surface area contributed by atoms with Crippen LogP contribution in [0, 0.1) is 0 Å². The Balaban J connectivity index is 1.38. The van der Waals surface area contributed by atoms with Gasteiger partial charge in [-0.15, -0.1) is 0 Å². The summed E-state index contributed by atoms with van der Waals surface area (Å²) >= 11 is 0. The van der Waals surface area contributed by atoms with E-state index in [-0.39, 0.29) is 0 Å². The number of aromatic nitrogens is 2. The summed E-state index contributed by atoms with van der Waals surface area (Å²) in [4.78, 5) is 0. The Bertz CT molecular complexity index is 1580. The molecule has 0 aliphatic carbocycles. The molecule has 166 valence electrons. The molecule has 1 aromatic heterocycles. The van der Waals surface area contributed by atoms with Crippen LogP contribution in [0.5, 0.6) is 0 Å². The quantitative estimate of drug-likeness (QED) is 0.242. The van der Waals surface area contributed by atoms with Crippen LogP contribution in [0.4, 0.5) is 0 Å². The van der Waals surface area contributed by atoms with Crippen LogP contribution in [0.3, 0.4) is 0 Å². The molecule has 2 heteroatoms. The van der Waals surface area contributed by atoms with Gasteiger partial charge in [0.25, 0.3) is 0 Å². The third-order valence-corrected chi connectivity index (χ3v) is 6.29. The Hall–Kier alpha value is -4.69. The lowest BCUT2D eigenvalue weighted by molar-refractivity contribution is 0.876. The molecule has 0 N–H and O–H groups in total. The smallest absolute Gasteiger partial charge is 0.0790 e. The first-order valence-corrected chi connectivity index (χ1v) is 11.8. The van der Waals surface area contributed by atoms with Gasteiger partial charge < -0.3 is 0 Å². The molecule has 0 atom stereocenters. The second-order valence-electron chi connectivity index (χ2n) is 8.62. The molecule has 1 heterocycles. The normalized spacial score (nSPS) is 11.8. The Labute approximate surface area is 205 Å². The number of hydrogen-bond acceptors (Lipinski definition) is 1. The van der Waals surface area contributed by atoms with Crippen LogP contribution < -0.4 is 0 Å². The summed E-state index contributed by atoms with van der Waals surface area (Å²) in [6.45, 7) is 0. The highest BCUT2D eigenvalue weighted by atomic mass is 15.3. The van der Waals surface area contributed by atoms with Gasteiger partial charge in [-0.3, -0.25) is 0 Å². The van der Waals surface area contributed by atoms with Crippen molar-refractivity contribution in [2.75, 3.05) is 0 Å². The van der Waals surface area contributed by atoms with Crippen molar-refractivity contribution in [3.8, 4) is 5.69 Å². The molecular weight excluding hydrogens is 424 g/mol. The van der Waals surface area contributed by atoms with Gasteiger partial charge in [0, 0.05) is 23.5 Å². The largest absolute Gasteiger partial charge is 0.240 e. The molecule has 0 saturated carbocycles. The zero-order chi connectivity index (χ0) is 23.5. The van der Waals surface area contributed by atoms with Crippen LogP contribution in [0.25, 0.3) is 51.5 Å². The van der Waals surface area contributed by atoms with E-state index in [1.807, 2.05) is 23.1 Å². The number of para-hydroxylation sites is 1. The Kier molecular flexibility index (Phi) is 5.54. The lowest BCUT2D eigenvalue weighted by atomic mass is 10.0. The van der Waals surface area contributed by atoms with Gasteiger partial charge in [-0.2, -0.15) is 5.10 Å². The van der Waals surface area contributed by atoms with Gasteiger partial charge in [-0.1, -0.05) is 115 Å². The van der Waals surface area contributed by atoms with E-state index in [1.54, 1.807) is 0 Å². The van der Waals surface area contributed by atoms with Crippen LogP contribution >= 0.6 is 0 Å². The third kappa shape index (κ3) is 4.42. The van der Waals surface area contributed by atoms with Crippen molar-refractivity contribution in [1.82, 2.24) is 9.78 Å². The van der Waals surface area contributed by atoms with Gasteiger partial charge in [-0.05, 0) is 50.9 Å². The fraction of sp³-hybridized carbons (Fsp3) is 0. The maximum Gasteiger partial charge on any atom is 0.0790 e. The van der Waals surface area contributed by atoms with E-state index in [2.05, 4.69) is 133 Å². The molecule has 0 radical (unpaired) electrons. The predicted molar refractivity (Wildman–Crippen MR) is 149 cm³/mol. The molecule has 6 rings (SSSR count). The molecule has 0 spiro atoms. The summed E-state index contributed by atoms with van der Waals surface area (Å²) in [6.07, 6.45) is 12.5. The minimum absolute atomic E-state index is 1.06. The van der Waals surface area contributed by atoms with Crippen molar-refractivity contribution >= 4 is 45.8 Å². The van der Waals surface area contributed by atoms with E-state index >= 15 is 0 Å². The summed E-state index contributed by atoms with van der Waals surface area (Å²) in [5.74, 6) is 0. The highest BCUT2D eigenvalue weighted by Crippen LogP contribution is 2.25. The first-order chi connectivity index (χ1) is 17.3. The van der Waals surface area contributed by atoms with Crippen molar-refractivity contribution in [1.29, 1.82) is 0 Å². The van der Waals surface area contributed by atoms with Crippen LogP contribution in [0.15, 0.2) is 122 Å². The second-order valence-corrected chi connectivity index (χ2v) is 8.62. The molecule has 6 aromatic rings. The van der Waals surface area contributed by atoms with Crippen LogP contribution in [-0.2, 0) is 0 Å². The van der Waals surface area contributed by atoms with Gasteiger partial charge in [-0.25, -0.2) is 4.68 Å². The Morgan fingerprint density at radius 3 is 1.54 bits per heavy atom. The molecule has 0 fully saturated rings. The molecular formula is C33H24N2. The molecule has 2 nitrogen and oxygen atoms in total. The molecule has 0 aliphatic rings. The van der Waals surface area contributed by atoms with Crippen molar-refractivity contribution in [2.24, 2.45) is 0 Å². The Morgan fingerprint density at radius 2 is 1.03 bits per heavy atom. The zero-order valence-electron chi connectivity index (χ0n) is 19.3. The highest BCUT2D eigenvalue weighted by molar-refractivity contribution is 5.88. The summed E-state index contributed by atoms with van der Waals surface area (Å²) in [7, 11) is 0. The topological polar surface area (TPSA) is 17.8 Å². The summed E-state index contributed by atoms with van der Waals surface area (Å²) in [6, 6.07) is 38.4. The number of benzene rings is 5. The van der Waals surface area contributed by atoms with Crippen molar-refractivity contribution in [3.05, 3.63) is 144 Å². The molecule has 35 heavy (non-hydrogen) atoms. The van der Waals surface area contributed by atoms with E-state index in [0.29, 0.717) is 0 Å². The second kappa shape index (κ2) is 9.28. The first-order valence-electron chi connectivity index (χ1n) is 11.8. The Morgan fingerprint density at radius 1 is 0.486 bits per heavy atom. The van der Waals surface area contributed by atoms with Gasteiger partial charge >= 0.3 is 0 Å². The minimum atomic E-state index is 1.06. The molecule has 0 aliphatic heterocycles. The maximum absolute atomic E-state index is 4.55. The van der Waals surface area contributed by atoms with E-state index in [9.17, 15) is 0 Å². The monoisotopic (exact) mass is 448 g/mol. The van der Waals surface area contributed by atoms with E-state index < -0.39 is 0 Å². The third-order valence-electron chi connectivity index (χ3n) is 6.29.